The first kappa shape index (κ1) is 15.0. The molecule has 1 fully saturated rings. The summed E-state index contributed by atoms with van der Waals surface area (Å²) < 4.78 is 0. The first-order valence-electron chi connectivity index (χ1n) is 6.21. The van der Waals surface area contributed by atoms with Gasteiger partial charge in [0.15, 0.2) is 0 Å². The summed E-state index contributed by atoms with van der Waals surface area (Å²) in [5.41, 5.74) is 3.59. The lowest BCUT2D eigenvalue weighted by Gasteiger charge is -2.27. The number of rotatable bonds is 2. The minimum Gasteiger partial charge on any atom is -0.340 e. The molecule has 100 valence electrons. The van der Waals surface area contributed by atoms with Gasteiger partial charge in [0.05, 0.1) is 6.42 Å². The first-order valence-corrected chi connectivity index (χ1v) is 6.21. The van der Waals surface area contributed by atoms with Crippen LogP contribution in [0.1, 0.15) is 16.7 Å². The van der Waals surface area contributed by atoms with Crippen molar-refractivity contribution in [3.05, 3.63) is 34.9 Å². The van der Waals surface area contributed by atoms with E-state index in [4.69, 9.17) is 0 Å². The topological polar surface area (TPSA) is 32.3 Å². The van der Waals surface area contributed by atoms with Gasteiger partial charge in [-0.1, -0.05) is 23.8 Å². The average Bonchev–Trinajstić information content (AvgIpc) is 2.35. The maximum Gasteiger partial charge on any atom is 0.227 e. The van der Waals surface area contributed by atoms with Crippen LogP contribution in [0.25, 0.3) is 0 Å². The summed E-state index contributed by atoms with van der Waals surface area (Å²) in [4.78, 5) is 14.1. The van der Waals surface area contributed by atoms with E-state index in [1.165, 1.54) is 11.1 Å². The van der Waals surface area contributed by atoms with Crippen LogP contribution in [-0.2, 0) is 11.2 Å². The number of piperazine rings is 1. The summed E-state index contributed by atoms with van der Waals surface area (Å²) in [6.07, 6.45) is 0.535. The Kier molecular flexibility index (Phi) is 5.63. The van der Waals surface area contributed by atoms with Crippen LogP contribution in [-0.4, -0.2) is 37.0 Å². The van der Waals surface area contributed by atoms with Gasteiger partial charge in [0, 0.05) is 26.2 Å². The largest absolute Gasteiger partial charge is 0.340 e. The molecule has 0 aliphatic carbocycles. The summed E-state index contributed by atoms with van der Waals surface area (Å²) in [5.74, 6) is 0.250. The number of amides is 1. The van der Waals surface area contributed by atoms with Crippen LogP contribution in [0.4, 0.5) is 0 Å². The van der Waals surface area contributed by atoms with E-state index in [-0.39, 0.29) is 18.3 Å². The molecule has 0 unspecified atom stereocenters. The van der Waals surface area contributed by atoms with Crippen LogP contribution < -0.4 is 5.32 Å². The van der Waals surface area contributed by atoms with Crippen molar-refractivity contribution in [1.82, 2.24) is 10.2 Å². The molecule has 0 bridgehead atoms. The molecule has 0 aromatic heterocycles. The molecule has 0 radical (unpaired) electrons. The van der Waals surface area contributed by atoms with Crippen molar-refractivity contribution < 1.29 is 4.79 Å². The fraction of sp³-hybridized carbons (Fsp3) is 0.500. The van der Waals surface area contributed by atoms with Gasteiger partial charge in [-0.25, -0.2) is 0 Å². The fourth-order valence-corrected chi connectivity index (χ4v) is 2.18. The van der Waals surface area contributed by atoms with E-state index in [0.29, 0.717) is 6.42 Å². The van der Waals surface area contributed by atoms with E-state index in [1.807, 2.05) is 4.90 Å². The zero-order valence-corrected chi connectivity index (χ0v) is 11.8. The minimum absolute atomic E-state index is 0. The second-order valence-corrected chi connectivity index (χ2v) is 4.74. The van der Waals surface area contributed by atoms with Crippen molar-refractivity contribution in [2.75, 3.05) is 26.2 Å². The summed E-state index contributed by atoms with van der Waals surface area (Å²) in [5, 5.41) is 3.26. The number of halogens is 1. The maximum absolute atomic E-state index is 12.1. The lowest BCUT2D eigenvalue weighted by atomic mass is 10.0. The van der Waals surface area contributed by atoms with Crippen molar-refractivity contribution in [2.45, 2.75) is 20.3 Å². The van der Waals surface area contributed by atoms with Gasteiger partial charge < -0.3 is 10.2 Å². The molecule has 1 amide bonds. The van der Waals surface area contributed by atoms with Crippen LogP contribution in [0, 0.1) is 13.8 Å². The Morgan fingerprint density at radius 3 is 2.61 bits per heavy atom. The van der Waals surface area contributed by atoms with Gasteiger partial charge in [-0.2, -0.15) is 0 Å². The van der Waals surface area contributed by atoms with Crippen molar-refractivity contribution in [3.63, 3.8) is 0 Å². The van der Waals surface area contributed by atoms with Gasteiger partial charge in [-0.15, -0.1) is 12.4 Å². The molecule has 1 aromatic rings. The Hall–Kier alpha value is -1.06. The highest BCUT2D eigenvalue weighted by Crippen LogP contribution is 2.12. The molecule has 1 saturated heterocycles. The first-order chi connectivity index (χ1) is 8.16. The van der Waals surface area contributed by atoms with Crippen molar-refractivity contribution in [1.29, 1.82) is 0 Å². The molecule has 0 spiro atoms. The molecule has 0 atom stereocenters. The molecule has 1 heterocycles. The number of nitrogens with one attached hydrogen (secondary N) is 1. The zero-order valence-electron chi connectivity index (χ0n) is 11.0. The van der Waals surface area contributed by atoms with E-state index >= 15 is 0 Å². The van der Waals surface area contributed by atoms with E-state index in [2.05, 4.69) is 37.4 Å². The SMILES string of the molecule is Cc1ccc(C)c(CC(=O)N2CCNCC2)c1.Cl. The van der Waals surface area contributed by atoms with E-state index < -0.39 is 0 Å². The van der Waals surface area contributed by atoms with Crippen molar-refractivity contribution in [2.24, 2.45) is 0 Å². The third-order valence-electron chi connectivity index (χ3n) is 3.32. The Labute approximate surface area is 115 Å². The molecular weight excluding hydrogens is 248 g/mol. The molecule has 1 aliphatic rings. The van der Waals surface area contributed by atoms with Crippen LogP contribution in [0.5, 0.6) is 0 Å². The fourth-order valence-electron chi connectivity index (χ4n) is 2.18. The van der Waals surface area contributed by atoms with Gasteiger partial charge in [0.2, 0.25) is 5.91 Å². The number of hydrogen-bond acceptors (Lipinski definition) is 2. The number of hydrogen-bond donors (Lipinski definition) is 1. The monoisotopic (exact) mass is 268 g/mol. The van der Waals surface area contributed by atoms with Crippen LogP contribution in [0.15, 0.2) is 18.2 Å². The lowest BCUT2D eigenvalue weighted by molar-refractivity contribution is -0.131. The van der Waals surface area contributed by atoms with Crippen LogP contribution >= 0.6 is 12.4 Å². The third-order valence-corrected chi connectivity index (χ3v) is 3.32. The number of nitrogens with zero attached hydrogens (tertiary/aromatic N) is 1. The number of aryl methyl sites for hydroxylation is 2. The van der Waals surface area contributed by atoms with E-state index in [9.17, 15) is 4.79 Å². The predicted molar refractivity (Wildman–Crippen MR) is 76.3 cm³/mol. The van der Waals surface area contributed by atoms with Gasteiger partial charge in [0.1, 0.15) is 0 Å². The van der Waals surface area contributed by atoms with Gasteiger partial charge in [-0.05, 0) is 25.0 Å². The molecule has 1 N–H and O–H groups in total. The summed E-state index contributed by atoms with van der Waals surface area (Å²) >= 11 is 0. The molecule has 1 aliphatic heterocycles. The number of benzene rings is 1. The number of carbonyl (C=O) groups is 1. The normalized spacial score (nSPS) is 15.1. The van der Waals surface area contributed by atoms with Crippen molar-refractivity contribution in [3.8, 4) is 0 Å². The minimum atomic E-state index is 0. The van der Waals surface area contributed by atoms with Gasteiger partial charge in [-0.3, -0.25) is 4.79 Å². The lowest BCUT2D eigenvalue weighted by Crippen LogP contribution is -2.47. The second kappa shape index (κ2) is 6.76. The standard InChI is InChI=1S/C14H20N2O.ClH/c1-11-3-4-12(2)13(9-11)10-14(17)16-7-5-15-6-8-16;/h3-4,9,15H,5-8,10H2,1-2H3;1H. The summed E-state index contributed by atoms with van der Waals surface area (Å²) in [7, 11) is 0. The molecule has 1 aromatic carbocycles. The Bertz CT molecular complexity index is 414. The number of carbonyl (C=O) groups excluding carboxylic acids is 1. The zero-order chi connectivity index (χ0) is 12.3. The highest BCUT2D eigenvalue weighted by molar-refractivity contribution is 5.85. The average molecular weight is 269 g/mol. The smallest absolute Gasteiger partial charge is 0.227 e. The van der Waals surface area contributed by atoms with Crippen molar-refractivity contribution >= 4 is 18.3 Å². The molecule has 18 heavy (non-hydrogen) atoms. The third kappa shape index (κ3) is 3.72. The predicted octanol–water partition coefficient (Wildman–Crippen LogP) is 1.70. The van der Waals surface area contributed by atoms with Crippen LogP contribution in [0.3, 0.4) is 0 Å². The molecule has 4 heteroatoms. The molecular formula is C14H21ClN2O. The highest BCUT2D eigenvalue weighted by atomic mass is 35.5. The van der Waals surface area contributed by atoms with E-state index in [1.54, 1.807) is 0 Å². The highest BCUT2D eigenvalue weighted by Gasteiger charge is 2.16. The maximum atomic E-state index is 12.1. The van der Waals surface area contributed by atoms with Gasteiger partial charge in [0.25, 0.3) is 0 Å². The Morgan fingerprint density at radius 1 is 1.28 bits per heavy atom. The van der Waals surface area contributed by atoms with Crippen LogP contribution in [0.2, 0.25) is 0 Å². The summed E-state index contributed by atoms with van der Waals surface area (Å²) in [6.45, 7) is 7.64. The van der Waals surface area contributed by atoms with Gasteiger partial charge >= 0.3 is 0 Å². The summed E-state index contributed by atoms with van der Waals surface area (Å²) in [6, 6.07) is 6.30. The quantitative estimate of drug-likeness (QED) is 0.886. The molecule has 2 rings (SSSR count). The van der Waals surface area contributed by atoms with E-state index in [0.717, 1.165) is 31.7 Å². The molecule has 0 saturated carbocycles. The second-order valence-electron chi connectivity index (χ2n) is 4.74. The Balaban J connectivity index is 0.00000162. The molecule has 3 nitrogen and oxygen atoms in total. The Morgan fingerprint density at radius 2 is 1.94 bits per heavy atom.